The molecule has 4 rings (SSSR count). The van der Waals surface area contributed by atoms with Crippen molar-refractivity contribution in [1.29, 1.82) is 0 Å². The molecule has 0 spiro atoms. The van der Waals surface area contributed by atoms with Crippen LogP contribution in [0.2, 0.25) is 0 Å². The van der Waals surface area contributed by atoms with Crippen molar-refractivity contribution in [3.05, 3.63) is 46.4 Å². The van der Waals surface area contributed by atoms with Gasteiger partial charge in [0.1, 0.15) is 0 Å². The van der Waals surface area contributed by atoms with Crippen molar-refractivity contribution in [2.75, 3.05) is 11.5 Å². The molecule has 0 bridgehead atoms. The highest BCUT2D eigenvalue weighted by molar-refractivity contribution is 8.24. The zero-order valence-corrected chi connectivity index (χ0v) is 16.5. The van der Waals surface area contributed by atoms with E-state index in [1.54, 1.807) is 10.7 Å². The predicted molar refractivity (Wildman–Crippen MR) is 110 cm³/mol. The fourth-order valence-corrected chi connectivity index (χ4v) is 6.07. The Morgan fingerprint density at radius 3 is 3.04 bits per heavy atom. The number of carbonyl (C=O) groups excluding carboxylic acids is 1. The molecule has 1 saturated heterocycles. The van der Waals surface area contributed by atoms with Gasteiger partial charge in [0.2, 0.25) is 0 Å². The summed E-state index contributed by atoms with van der Waals surface area (Å²) in [5.74, 6) is 0.186. The number of thiophene rings is 1. The maximum absolute atomic E-state index is 12.7. The third-order valence-electron chi connectivity index (χ3n) is 4.92. The van der Waals surface area contributed by atoms with Crippen LogP contribution in [-0.2, 0) is 0 Å². The first-order valence-corrected chi connectivity index (χ1v) is 11.4. The molecular formula is C18H22N4O3S2. The summed E-state index contributed by atoms with van der Waals surface area (Å²) in [5, 5.41) is 7.25. The van der Waals surface area contributed by atoms with Crippen LogP contribution in [0, 0.1) is 6.92 Å². The Balaban J connectivity index is 1.58. The van der Waals surface area contributed by atoms with Crippen molar-refractivity contribution in [1.82, 2.24) is 14.9 Å². The van der Waals surface area contributed by atoms with Gasteiger partial charge >= 0.3 is 0 Å². The van der Waals surface area contributed by atoms with Crippen LogP contribution in [0.4, 0.5) is 0 Å². The van der Waals surface area contributed by atoms with Crippen LogP contribution in [0.15, 0.2) is 36.7 Å². The Morgan fingerprint density at radius 2 is 2.22 bits per heavy atom. The average Bonchev–Trinajstić information content (AvgIpc) is 3.21. The van der Waals surface area contributed by atoms with Gasteiger partial charge in [0, 0.05) is 28.4 Å². The van der Waals surface area contributed by atoms with E-state index in [0.29, 0.717) is 17.1 Å². The molecule has 0 aromatic carbocycles. The molecule has 3 aromatic heterocycles. The molecule has 0 aliphatic carbocycles. The average molecular weight is 407 g/mol. The summed E-state index contributed by atoms with van der Waals surface area (Å²) < 4.78 is 21.7. The second-order valence-corrected chi connectivity index (χ2v) is 10.5. The molecule has 3 aromatic rings. The quantitative estimate of drug-likeness (QED) is 0.534. The van der Waals surface area contributed by atoms with Gasteiger partial charge in [-0.2, -0.15) is 15.7 Å². The molecule has 9 heteroatoms. The number of rotatable bonds is 3. The lowest BCUT2D eigenvalue weighted by atomic mass is 10.1. The SMILES string of the molecule is Cc1sc(C(=O)N[C@@H]2CS(O)(O)CC[C@@H]2N)cc1-c1cnn2ccccc12. The fraction of sp³-hybridized carbons (Fsp3) is 0.333. The Hall–Kier alpha value is -1.91. The minimum absolute atomic E-state index is 0.116. The second kappa shape index (κ2) is 6.92. The number of pyridine rings is 1. The summed E-state index contributed by atoms with van der Waals surface area (Å²) in [6.45, 7) is 1.98. The number of aryl methyl sites for hydroxylation is 1. The maximum atomic E-state index is 12.7. The second-order valence-electron chi connectivity index (χ2n) is 6.87. The van der Waals surface area contributed by atoms with Crippen LogP contribution in [0.3, 0.4) is 0 Å². The molecular weight excluding hydrogens is 384 g/mol. The van der Waals surface area contributed by atoms with E-state index < -0.39 is 16.6 Å². The number of fused-ring (bicyclic) bond motifs is 1. The van der Waals surface area contributed by atoms with Crippen LogP contribution in [-0.4, -0.2) is 48.2 Å². The van der Waals surface area contributed by atoms with E-state index in [2.05, 4.69) is 10.4 Å². The summed E-state index contributed by atoms with van der Waals surface area (Å²) in [6.07, 6.45) is 4.18. The first-order valence-electron chi connectivity index (χ1n) is 8.67. The van der Waals surface area contributed by atoms with E-state index in [-0.39, 0.29) is 17.7 Å². The number of hydrogen-bond donors (Lipinski definition) is 4. The molecule has 1 fully saturated rings. The molecule has 2 atom stereocenters. The minimum atomic E-state index is -2.66. The molecule has 0 unspecified atom stereocenters. The normalized spacial score (nSPS) is 23.3. The van der Waals surface area contributed by atoms with Crippen molar-refractivity contribution in [2.24, 2.45) is 5.73 Å². The molecule has 1 amide bonds. The van der Waals surface area contributed by atoms with E-state index >= 15 is 0 Å². The first-order chi connectivity index (χ1) is 12.8. The predicted octanol–water partition coefficient (Wildman–Crippen LogP) is 2.95. The van der Waals surface area contributed by atoms with Gasteiger partial charge < -0.3 is 11.1 Å². The third-order valence-corrected chi connectivity index (χ3v) is 7.75. The highest BCUT2D eigenvalue weighted by Gasteiger charge is 2.32. The first kappa shape index (κ1) is 18.5. The maximum Gasteiger partial charge on any atom is 0.261 e. The van der Waals surface area contributed by atoms with E-state index in [1.165, 1.54) is 11.3 Å². The molecule has 1 aliphatic rings. The molecule has 27 heavy (non-hydrogen) atoms. The molecule has 5 N–H and O–H groups in total. The van der Waals surface area contributed by atoms with Crippen LogP contribution in [0.1, 0.15) is 21.0 Å². The number of aromatic nitrogens is 2. The lowest BCUT2D eigenvalue weighted by Crippen LogP contribution is -2.53. The van der Waals surface area contributed by atoms with Gasteiger partial charge in [-0.25, -0.2) is 4.52 Å². The summed E-state index contributed by atoms with van der Waals surface area (Å²) in [7, 11) is -2.66. The van der Waals surface area contributed by atoms with Gasteiger partial charge in [-0.1, -0.05) is 6.07 Å². The number of nitrogens with two attached hydrogens (primary N) is 1. The van der Waals surface area contributed by atoms with Gasteiger partial charge in [0.05, 0.1) is 28.4 Å². The van der Waals surface area contributed by atoms with E-state index in [1.807, 2.05) is 37.4 Å². The monoisotopic (exact) mass is 406 g/mol. The van der Waals surface area contributed by atoms with Crippen LogP contribution >= 0.6 is 21.9 Å². The highest BCUT2D eigenvalue weighted by atomic mass is 32.3. The van der Waals surface area contributed by atoms with Gasteiger partial charge in [-0.05, 0) is 37.1 Å². The molecule has 0 radical (unpaired) electrons. The van der Waals surface area contributed by atoms with Crippen LogP contribution in [0.5, 0.6) is 0 Å². The number of hydrogen-bond acceptors (Lipinski definition) is 6. The number of nitrogens with one attached hydrogen (secondary N) is 1. The van der Waals surface area contributed by atoms with Gasteiger partial charge in [0.15, 0.2) is 0 Å². The van der Waals surface area contributed by atoms with Crippen molar-refractivity contribution in [3.63, 3.8) is 0 Å². The molecule has 144 valence electrons. The summed E-state index contributed by atoms with van der Waals surface area (Å²) in [6, 6.07) is 7.03. The van der Waals surface area contributed by atoms with E-state index in [4.69, 9.17) is 5.73 Å². The fourth-order valence-electron chi connectivity index (χ4n) is 3.41. The van der Waals surface area contributed by atoms with Crippen LogP contribution < -0.4 is 11.1 Å². The van der Waals surface area contributed by atoms with E-state index in [0.717, 1.165) is 21.5 Å². The van der Waals surface area contributed by atoms with Crippen molar-refractivity contribution >= 4 is 33.4 Å². The smallest absolute Gasteiger partial charge is 0.261 e. The van der Waals surface area contributed by atoms with E-state index in [9.17, 15) is 13.9 Å². The van der Waals surface area contributed by atoms with Gasteiger partial charge in [-0.3, -0.25) is 13.9 Å². The Bertz CT molecular complexity index is 998. The minimum Gasteiger partial charge on any atom is -0.345 e. The van der Waals surface area contributed by atoms with Crippen molar-refractivity contribution in [2.45, 2.75) is 25.4 Å². The highest BCUT2D eigenvalue weighted by Crippen LogP contribution is 2.43. The molecule has 0 saturated carbocycles. The number of amides is 1. The topological polar surface area (TPSA) is 113 Å². The van der Waals surface area contributed by atoms with Crippen LogP contribution in [0.25, 0.3) is 16.6 Å². The standard InChI is InChI=1S/C18H22N4O3S2/c1-11-12(13-9-20-22-6-3-2-4-16(13)22)8-17(26-11)18(23)21-15-10-27(24,25)7-5-14(15)19/h2-4,6,8-9,14-15,24-25H,5,7,10,19H2,1H3,(H,21,23)/t14-,15+/m0/s1. The zero-order chi connectivity index (χ0) is 19.2. The van der Waals surface area contributed by atoms with Gasteiger partial charge in [0.25, 0.3) is 5.91 Å². The summed E-state index contributed by atoms with van der Waals surface area (Å²) in [5.41, 5.74) is 9.00. The summed E-state index contributed by atoms with van der Waals surface area (Å²) >= 11 is 1.41. The Kier molecular flexibility index (Phi) is 4.73. The third kappa shape index (κ3) is 3.61. The molecule has 4 heterocycles. The van der Waals surface area contributed by atoms with Gasteiger partial charge in [-0.15, -0.1) is 11.3 Å². The Labute approximate surface area is 162 Å². The lowest BCUT2D eigenvalue weighted by molar-refractivity contribution is 0.0938. The molecule has 7 nitrogen and oxygen atoms in total. The Morgan fingerprint density at radius 1 is 1.41 bits per heavy atom. The van der Waals surface area contributed by atoms with Crippen molar-refractivity contribution in [3.8, 4) is 11.1 Å². The largest absolute Gasteiger partial charge is 0.345 e. The number of nitrogens with zero attached hydrogens (tertiary/aromatic N) is 2. The zero-order valence-electron chi connectivity index (χ0n) is 14.8. The number of carbonyl (C=O) groups is 1. The summed E-state index contributed by atoms with van der Waals surface area (Å²) in [4.78, 5) is 14.3. The molecule has 1 aliphatic heterocycles. The lowest BCUT2D eigenvalue weighted by Gasteiger charge is -2.43. The van der Waals surface area contributed by atoms with Crippen molar-refractivity contribution < 1.29 is 13.9 Å².